The number of aliphatic hydroxyl groups excluding tert-OH is 1. The van der Waals surface area contributed by atoms with Gasteiger partial charge >= 0.3 is 0 Å². The highest BCUT2D eigenvalue weighted by Gasteiger charge is 2.06. The van der Waals surface area contributed by atoms with Crippen molar-refractivity contribution in [2.24, 2.45) is 0 Å². The van der Waals surface area contributed by atoms with E-state index in [0.29, 0.717) is 13.1 Å². The van der Waals surface area contributed by atoms with Gasteiger partial charge in [-0.3, -0.25) is 0 Å². The van der Waals surface area contributed by atoms with Crippen LogP contribution < -0.4 is 10.1 Å². The van der Waals surface area contributed by atoms with Crippen molar-refractivity contribution in [1.82, 2.24) is 4.90 Å². The maximum absolute atomic E-state index is 9.74. The topological polar surface area (TPSA) is 44.7 Å². The molecule has 2 N–H and O–H groups in total. The maximum Gasteiger partial charge on any atom is 0.119 e. The number of hydrogen-bond acceptors (Lipinski definition) is 4. The Bertz CT molecular complexity index is 353. The monoisotopic (exact) mass is 238 g/mol. The van der Waals surface area contributed by atoms with Crippen molar-refractivity contribution >= 4 is 5.69 Å². The second kappa shape index (κ2) is 6.47. The largest absolute Gasteiger partial charge is 0.497 e. The van der Waals surface area contributed by atoms with Crippen molar-refractivity contribution in [2.45, 2.75) is 13.0 Å². The summed E-state index contributed by atoms with van der Waals surface area (Å²) < 4.78 is 5.14. The summed E-state index contributed by atoms with van der Waals surface area (Å²) >= 11 is 0. The molecule has 0 aliphatic carbocycles. The first-order valence-corrected chi connectivity index (χ1v) is 5.74. The molecule has 1 unspecified atom stereocenters. The number of aryl methyl sites for hydroxylation is 1. The minimum atomic E-state index is -0.369. The van der Waals surface area contributed by atoms with E-state index in [1.807, 2.05) is 44.1 Å². The molecule has 0 aliphatic rings. The lowest BCUT2D eigenvalue weighted by molar-refractivity contribution is 0.148. The minimum Gasteiger partial charge on any atom is -0.497 e. The van der Waals surface area contributed by atoms with Gasteiger partial charge in [0.2, 0.25) is 0 Å². The van der Waals surface area contributed by atoms with Crippen LogP contribution in [0.15, 0.2) is 18.2 Å². The number of methoxy groups -OCH3 is 1. The summed E-state index contributed by atoms with van der Waals surface area (Å²) in [6.45, 7) is 3.22. The summed E-state index contributed by atoms with van der Waals surface area (Å²) in [4.78, 5) is 1.97. The number of anilines is 1. The van der Waals surface area contributed by atoms with E-state index in [1.165, 1.54) is 0 Å². The second-order valence-electron chi connectivity index (χ2n) is 4.48. The van der Waals surface area contributed by atoms with E-state index in [0.717, 1.165) is 17.0 Å². The van der Waals surface area contributed by atoms with Crippen LogP contribution in [0, 0.1) is 6.92 Å². The van der Waals surface area contributed by atoms with E-state index in [1.54, 1.807) is 7.11 Å². The van der Waals surface area contributed by atoms with Crippen molar-refractivity contribution in [1.29, 1.82) is 0 Å². The summed E-state index contributed by atoms with van der Waals surface area (Å²) in [5.74, 6) is 0.849. The molecule has 0 aromatic heterocycles. The number of ether oxygens (including phenoxy) is 1. The molecule has 4 nitrogen and oxygen atoms in total. The molecule has 0 fully saturated rings. The smallest absolute Gasteiger partial charge is 0.119 e. The Morgan fingerprint density at radius 1 is 1.41 bits per heavy atom. The first-order valence-electron chi connectivity index (χ1n) is 5.74. The first kappa shape index (κ1) is 13.8. The molecular weight excluding hydrogens is 216 g/mol. The molecule has 0 bridgehead atoms. The molecule has 4 heteroatoms. The van der Waals surface area contributed by atoms with E-state index in [4.69, 9.17) is 4.74 Å². The Hall–Kier alpha value is -1.26. The van der Waals surface area contributed by atoms with E-state index >= 15 is 0 Å². The lowest BCUT2D eigenvalue weighted by atomic mass is 10.2. The third kappa shape index (κ3) is 4.63. The standard InChI is InChI=1S/C13H22N2O2/c1-10-7-12(17-4)5-6-13(10)14-8-11(16)9-15(2)3/h5-7,11,14,16H,8-9H2,1-4H3. The molecule has 1 aromatic carbocycles. The summed E-state index contributed by atoms with van der Waals surface area (Å²) in [5.41, 5.74) is 2.14. The molecule has 0 aliphatic heterocycles. The number of nitrogens with zero attached hydrogens (tertiary/aromatic N) is 1. The van der Waals surface area contributed by atoms with Gasteiger partial charge in [0.1, 0.15) is 5.75 Å². The summed E-state index contributed by atoms with van der Waals surface area (Å²) in [6.07, 6.45) is -0.369. The number of benzene rings is 1. The molecule has 0 radical (unpaired) electrons. The van der Waals surface area contributed by atoms with Crippen molar-refractivity contribution in [3.8, 4) is 5.75 Å². The van der Waals surface area contributed by atoms with Gasteiger partial charge in [-0.15, -0.1) is 0 Å². The lowest BCUT2D eigenvalue weighted by Gasteiger charge is -2.18. The lowest BCUT2D eigenvalue weighted by Crippen LogP contribution is -2.31. The van der Waals surface area contributed by atoms with Crippen LogP contribution >= 0.6 is 0 Å². The Morgan fingerprint density at radius 2 is 2.12 bits per heavy atom. The Labute approximate surface area is 103 Å². The zero-order valence-electron chi connectivity index (χ0n) is 11.0. The molecular formula is C13H22N2O2. The number of nitrogens with one attached hydrogen (secondary N) is 1. The van der Waals surface area contributed by atoms with E-state index in [2.05, 4.69) is 5.32 Å². The third-order valence-electron chi connectivity index (χ3n) is 2.54. The van der Waals surface area contributed by atoms with Crippen LogP contribution in [0.3, 0.4) is 0 Å². The predicted octanol–water partition coefficient (Wildman–Crippen LogP) is 1.34. The number of rotatable bonds is 6. The van der Waals surface area contributed by atoms with Gasteiger partial charge in [0.15, 0.2) is 0 Å². The van der Waals surface area contributed by atoms with Crippen LogP contribution in [-0.4, -0.2) is 50.4 Å². The fourth-order valence-corrected chi connectivity index (χ4v) is 1.68. The first-order chi connectivity index (χ1) is 8.02. The minimum absolute atomic E-state index is 0.369. The van der Waals surface area contributed by atoms with Gasteiger partial charge in [-0.25, -0.2) is 0 Å². The van der Waals surface area contributed by atoms with Crippen LogP contribution in [0.25, 0.3) is 0 Å². The number of likely N-dealkylation sites (N-methyl/N-ethyl adjacent to an activating group) is 1. The fraction of sp³-hybridized carbons (Fsp3) is 0.538. The molecule has 0 saturated carbocycles. The van der Waals surface area contributed by atoms with E-state index in [-0.39, 0.29) is 6.10 Å². The highest BCUT2D eigenvalue weighted by Crippen LogP contribution is 2.20. The van der Waals surface area contributed by atoms with Crippen molar-refractivity contribution in [3.63, 3.8) is 0 Å². The Morgan fingerprint density at radius 3 is 2.65 bits per heavy atom. The van der Waals surface area contributed by atoms with Crippen LogP contribution in [-0.2, 0) is 0 Å². The molecule has 1 aromatic rings. The van der Waals surface area contributed by atoms with E-state index in [9.17, 15) is 5.11 Å². The van der Waals surface area contributed by atoms with Gasteiger partial charge in [-0.2, -0.15) is 0 Å². The highest BCUT2D eigenvalue weighted by molar-refractivity contribution is 5.53. The van der Waals surface area contributed by atoms with E-state index < -0.39 is 0 Å². The molecule has 0 heterocycles. The van der Waals surface area contributed by atoms with Gasteiger partial charge in [0.05, 0.1) is 13.2 Å². The molecule has 96 valence electrons. The molecule has 1 rings (SSSR count). The molecule has 0 spiro atoms. The zero-order valence-corrected chi connectivity index (χ0v) is 11.0. The normalized spacial score (nSPS) is 12.6. The molecule has 17 heavy (non-hydrogen) atoms. The molecule has 0 saturated heterocycles. The zero-order chi connectivity index (χ0) is 12.8. The Balaban J connectivity index is 2.51. The second-order valence-corrected chi connectivity index (χ2v) is 4.48. The van der Waals surface area contributed by atoms with Crippen LogP contribution in [0.4, 0.5) is 5.69 Å². The van der Waals surface area contributed by atoms with Crippen molar-refractivity contribution in [2.75, 3.05) is 39.6 Å². The Kier molecular flexibility index (Phi) is 5.25. The van der Waals surface area contributed by atoms with Gasteiger partial charge in [0, 0.05) is 18.8 Å². The highest BCUT2D eigenvalue weighted by atomic mass is 16.5. The van der Waals surface area contributed by atoms with Gasteiger partial charge in [-0.1, -0.05) is 0 Å². The molecule has 1 atom stereocenters. The third-order valence-corrected chi connectivity index (χ3v) is 2.54. The number of hydrogen-bond donors (Lipinski definition) is 2. The summed E-state index contributed by atoms with van der Waals surface area (Å²) in [5, 5.41) is 13.0. The van der Waals surface area contributed by atoms with Crippen molar-refractivity contribution < 1.29 is 9.84 Å². The summed E-state index contributed by atoms with van der Waals surface area (Å²) in [6, 6.07) is 5.85. The van der Waals surface area contributed by atoms with Crippen LogP contribution in [0.1, 0.15) is 5.56 Å². The number of aliphatic hydroxyl groups is 1. The van der Waals surface area contributed by atoms with Crippen LogP contribution in [0.2, 0.25) is 0 Å². The van der Waals surface area contributed by atoms with Gasteiger partial charge in [-0.05, 0) is 44.8 Å². The summed E-state index contributed by atoms with van der Waals surface area (Å²) in [7, 11) is 5.55. The molecule has 0 amide bonds. The van der Waals surface area contributed by atoms with Crippen LogP contribution in [0.5, 0.6) is 5.75 Å². The maximum atomic E-state index is 9.74. The predicted molar refractivity (Wildman–Crippen MR) is 70.8 cm³/mol. The fourth-order valence-electron chi connectivity index (χ4n) is 1.68. The SMILES string of the molecule is COc1ccc(NCC(O)CN(C)C)c(C)c1. The van der Waals surface area contributed by atoms with Gasteiger partial charge < -0.3 is 20.1 Å². The van der Waals surface area contributed by atoms with Gasteiger partial charge in [0.25, 0.3) is 0 Å². The van der Waals surface area contributed by atoms with Crippen molar-refractivity contribution in [3.05, 3.63) is 23.8 Å². The average Bonchev–Trinajstić information content (AvgIpc) is 2.26. The average molecular weight is 238 g/mol. The quantitative estimate of drug-likeness (QED) is 0.785.